The summed E-state index contributed by atoms with van der Waals surface area (Å²) in [6, 6.07) is 0. The van der Waals surface area contributed by atoms with Crippen molar-refractivity contribution in [3.63, 3.8) is 0 Å². The molecule has 2 nitrogen and oxygen atoms in total. The Morgan fingerprint density at radius 1 is 1.30 bits per heavy atom. The molecule has 1 rings (SSSR count). The molecule has 0 spiro atoms. The summed E-state index contributed by atoms with van der Waals surface area (Å²) >= 11 is 2.84. The molecule has 0 unspecified atom stereocenters. The Labute approximate surface area is 70.7 Å². The van der Waals surface area contributed by atoms with E-state index < -0.39 is 0 Å². The van der Waals surface area contributed by atoms with Gasteiger partial charge in [0.25, 0.3) is 0 Å². The molecule has 0 aromatic heterocycles. The summed E-state index contributed by atoms with van der Waals surface area (Å²) in [4.78, 5) is 16.0. The Balaban J connectivity index is 0. The van der Waals surface area contributed by atoms with E-state index in [2.05, 4.69) is 36.5 Å². The Morgan fingerprint density at radius 2 is 1.80 bits per heavy atom. The van der Waals surface area contributed by atoms with E-state index in [0.29, 0.717) is 0 Å². The van der Waals surface area contributed by atoms with Crippen LogP contribution in [-0.2, 0) is 27.9 Å². The van der Waals surface area contributed by atoms with E-state index in [1.807, 2.05) is 13.6 Å². The van der Waals surface area contributed by atoms with E-state index in [9.17, 15) is 0 Å². The third-order valence-corrected chi connectivity index (χ3v) is 1.32. The van der Waals surface area contributed by atoms with Crippen molar-refractivity contribution in [1.29, 1.82) is 0 Å². The molecule has 58 valence electrons. The van der Waals surface area contributed by atoms with Gasteiger partial charge in [0.2, 0.25) is 0 Å². The number of allylic oxidation sites excluding steroid dienone is 4. The van der Waals surface area contributed by atoms with Crippen LogP contribution in [0.1, 0.15) is 6.42 Å². The third kappa shape index (κ3) is 7.44. The van der Waals surface area contributed by atoms with Gasteiger partial charge in [-0.25, -0.2) is 0 Å². The summed E-state index contributed by atoms with van der Waals surface area (Å²) in [5, 5.41) is 0. The molecule has 3 heteroatoms. The second kappa shape index (κ2) is 11.3. The van der Waals surface area contributed by atoms with Crippen molar-refractivity contribution in [3.8, 4) is 0 Å². The first-order valence-electron chi connectivity index (χ1n) is 2.46. The molecule has 0 fully saturated rings. The minimum absolute atomic E-state index is 1.12. The van der Waals surface area contributed by atoms with Crippen molar-refractivity contribution in [1.82, 2.24) is 0 Å². The van der Waals surface area contributed by atoms with Crippen molar-refractivity contribution < 1.29 is 27.9 Å². The van der Waals surface area contributed by atoms with E-state index in [-0.39, 0.29) is 0 Å². The van der Waals surface area contributed by atoms with Crippen molar-refractivity contribution in [2.75, 3.05) is 0 Å². The molecule has 0 amide bonds. The topological polar surface area (TPSA) is 34.1 Å². The van der Waals surface area contributed by atoms with Gasteiger partial charge in [0, 0.05) is 0 Å². The predicted molar refractivity (Wildman–Crippen MR) is 36.1 cm³/mol. The van der Waals surface area contributed by atoms with Gasteiger partial charge in [-0.2, -0.15) is 0 Å². The fourth-order valence-corrected chi connectivity index (χ4v) is 0.762. The van der Waals surface area contributed by atoms with E-state index >= 15 is 0 Å². The van der Waals surface area contributed by atoms with E-state index in [0.717, 1.165) is 6.42 Å². The molecule has 0 saturated heterocycles. The van der Waals surface area contributed by atoms with Gasteiger partial charge in [-0.05, 0) is 0 Å². The number of carbonyl (C=O) groups is 2. The fourth-order valence-electron chi connectivity index (χ4n) is 0.412. The van der Waals surface area contributed by atoms with E-state index in [1.165, 1.54) is 4.17 Å². The molecule has 0 aromatic rings. The van der Waals surface area contributed by atoms with Crippen LogP contribution in [0.4, 0.5) is 0 Å². The molecule has 0 atom stereocenters. The van der Waals surface area contributed by atoms with Crippen molar-refractivity contribution in [3.05, 3.63) is 22.4 Å². The zero-order valence-corrected chi connectivity index (χ0v) is 7.14. The molecule has 0 aliphatic heterocycles. The van der Waals surface area contributed by atoms with Crippen LogP contribution in [0.5, 0.6) is 0 Å². The Bertz CT molecular complexity index is 128. The molecule has 0 saturated carbocycles. The van der Waals surface area contributed by atoms with Gasteiger partial charge in [0.1, 0.15) is 13.6 Å². The van der Waals surface area contributed by atoms with Crippen molar-refractivity contribution in [2.45, 2.75) is 6.42 Å². The van der Waals surface area contributed by atoms with Gasteiger partial charge in [0.05, 0.1) is 0 Å². The predicted octanol–water partition coefficient (Wildman–Crippen LogP) is 1.01. The molecule has 0 bridgehead atoms. The molecule has 0 N–H and O–H groups in total. The Hall–Kier alpha value is -0.557. The van der Waals surface area contributed by atoms with Crippen LogP contribution in [0.25, 0.3) is 0 Å². The van der Waals surface area contributed by atoms with E-state index in [1.54, 1.807) is 0 Å². The molecular formula is C7H9O2Rh. The first kappa shape index (κ1) is 12.2. The van der Waals surface area contributed by atoms with Gasteiger partial charge < -0.3 is 9.59 Å². The van der Waals surface area contributed by atoms with Crippen LogP contribution in [-0.4, -0.2) is 13.6 Å². The van der Waals surface area contributed by atoms with E-state index in [4.69, 9.17) is 9.59 Å². The van der Waals surface area contributed by atoms with Gasteiger partial charge >= 0.3 is 47.1 Å². The van der Waals surface area contributed by atoms with Gasteiger partial charge in [0.15, 0.2) is 0 Å². The maximum absolute atomic E-state index is 8.00. The van der Waals surface area contributed by atoms with Crippen molar-refractivity contribution >= 4 is 13.6 Å². The fraction of sp³-hybridized carbons (Fsp3) is 0.143. The average molecular weight is 228 g/mol. The number of rotatable bonds is 0. The van der Waals surface area contributed by atoms with Gasteiger partial charge in [-0.15, -0.1) is 0 Å². The standard InChI is InChI=1S/C5H5.2CH2O.Rh/c1-2-4-5-3-1;2*1-2;/h1-3H,4H2;2*1H2;. The van der Waals surface area contributed by atoms with Crippen molar-refractivity contribution in [2.24, 2.45) is 0 Å². The summed E-state index contributed by atoms with van der Waals surface area (Å²) in [6.45, 7) is 4.00. The molecule has 0 aromatic carbocycles. The zero-order chi connectivity index (χ0) is 8.41. The monoisotopic (exact) mass is 228 g/mol. The Morgan fingerprint density at radius 3 is 1.90 bits per heavy atom. The molecule has 1 aliphatic rings. The molecule has 0 heterocycles. The SMILES string of the molecule is C=O.C=O.[Rh][C]1=CC=CC1. The van der Waals surface area contributed by atoms with Gasteiger partial charge in [-0.3, -0.25) is 0 Å². The first-order chi connectivity index (χ1) is 4.89. The second-order valence-electron chi connectivity index (χ2n) is 1.22. The summed E-state index contributed by atoms with van der Waals surface area (Å²) in [5.41, 5.74) is 0. The summed E-state index contributed by atoms with van der Waals surface area (Å²) in [5.74, 6) is 0. The minimum atomic E-state index is 1.12. The van der Waals surface area contributed by atoms with Gasteiger partial charge in [-0.1, -0.05) is 0 Å². The molecule has 10 heavy (non-hydrogen) atoms. The number of hydrogen-bond donors (Lipinski definition) is 0. The van der Waals surface area contributed by atoms with Crippen LogP contribution in [0.15, 0.2) is 22.4 Å². The second-order valence-corrected chi connectivity index (χ2v) is 2.27. The van der Waals surface area contributed by atoms with Crippen LogP contribution < -0.4 is 0 Å². The maximum atomic E-state index is 8.00. The summed E-state index contributed by atoms with van der Waals surface area (Å²) in [7, 11) is 0. The molecule has 1 aliphatic carbocycles. The first-order valence-corrected chi connectivity index (χ1v) is 3.28. The molecular weight excluding hydrogens is 219 g/mol. The number of hydrogen-bond acceptors (Lipinski definition) is 2. The van der Waals surface area contributed by atoms with Crippen LogP contribution in [0, 0.1) is 0 Å². The number of carbonyl (C=O) groups excluding carboxylic acids is 2. The summed E-state index contributed by atoms with van der Waals surface area (Å²) in [6.07, 6.45) is 7.41. The third-order valence-electron chi connectivity index (χ3n) is 0.709. The normalized spacial score (nSPS) is 12.0. The molecule has 0 radical (unpaired) electrons. The van der Waals surface area contributed by atoms with Crippen LogP contribution in [0.3, 0.4) is 0 Å². The van der Waals surface area contributed by atoms with Crippen LogP contribution in [0.2, 0.25) is 0 Å². The summed E-state index contributed by atoms with van der Waals surface area (Å²) < 4.78 is 1.36. The quantitative estimate of drug-likeness (QED) is 0.580. The Kier molecular flexibility index (Phi) is 13.7. The average Bonchev–Trinajstić information content (AvgIpc) is 2.48. The van der Waals surface area contributed by atoms with Crippen LogP contribution >= 0.6 is 0 Å². The zero-order valence-electron chi connectivity index (χ0n) is 5.50.